The van der Waals surface area contributed by atoms with Crippen LogP contribution in [0.2, 0.25) is 0 Å². The third-order valence-electron chi connectivity index (χ3n) is 5.68. The van der Waals surface area contributed by atoms with Crippen LogP contribution in [0.5, 0.6) is 0 Å². The monoisotopic (exact) mass is 432 g/mol. The van der Waals surface area contributed by atoms with Gasteiger partial charge in [0.2, 0.25) is 0 Å². The van der Waals surface area contributed by atoms with E-state index in [1.54, 1.807) is 0 Å². The predicted molar refractivity (Wildman–Crippen MR) is 124 cm³/mol. The summed E-state index contributed by atoms with van der Waals surface area (Å²) < 4.78 is 9.92. The first kappa shape index (κ1) is 26.9. The zero-order valence-electron chi connectivity index (χ0n) is 20.3. The Morgan fingerprint density at radius 2 is 1.84 bits per heavy atom. The molecule has 0 aliphatic heterocycles. The van der Waals surface area contributed by atoms with Crippen LogP contribution in [0.1, 0.15) is 80.6 Å². The quantitative estimate of drug-likeness (QED) is 0.276. The van der Waals surface area contributed by atoms with Gasteiger partial charge in [-0.1, -0.05) is 48.8 Å². The molecule has 5 nitrogen and oxygen atoms in total. The number of carbonyl (C=O) groups excluding carboxylic acids is 2. The van der Waals surface area contributed by atoms with Crippen LogP contribution in [0, 0.1) is 5.41 Å². The maximum Gasteiger partial charge on any atom is 0.347 e. The molecule has 0 saturated heterocycles. The normalized spacial score (nSPS) is 19.4. The minimum absolute atomic E-state index is 0.131. The Morgan fingerprint density at radius 1 is 1.16 bits per heavy atom. The smallest absolute Gasteiger partial charge is 0.347 e. The summed E-state index contributed by atoms with van der Waals surface area (Å²) in [5.74, 6) is -1.47. The van der Waals surface area contributed by atoms with E-state index >= 15 is 0 Å². The van der Waals surface area contributed by atoms with Crippen molar-refractivity contribution in [2.75, 3.05) is 6.61 Å². The molecule has 2 unspecified atom stereocenters. The van der Waals surface area contributed by atoms with Crippen molar-refractivity contribution in [3.05, 3.63) is 46.6 Å². The highest BCUT2D eigenvalue weighted by molar-refractivity contribution is 5.80. The molecule has 5 heteroatoms. The topological polar surface area (TPSA) is 72.8 Å². The molecule has 0 bridgehead atoms. The molecule has 0 radical (unpaired) electrons. The van der Waals surface area contributed by atoms with Crippen molar-refractivity contribution in [2.45, 2.75) is 92.8 Å². The number of carbonyl (C=O) groups is 2. The van der Waals surface area contributed by atoms with Crippen LogP contribution in [0.25, 0.3) is 0 Å². The number of hydrogen-bond donors (Lipinski definition) is 1. The number of allylic oxidation sites excluding steroid dienone is 7. The first-order chi connectivity index (χ1) is 14.4. The Morgan fingerprint density at radius 3 is 2.45 bits per heavy atom. The molecule has 1 rings (SSSR count). The van der Waals surface area contributed by atoms with Crippen molar-refractivity contribution in [1.29, 1.82) is 0 Å². The molecule has 1 N–H and O–H groups in total. The molecule has 0 saturated carbocycles. The fourth-order valence-electron chi connectivity index (χ4n) is 3.63. The number of rotatable bonds is 10. The van der Waals surface area contributed by atoms with Crippen LogP contribution in [-0.4, -0.2) is 35.9 Å². The van der Waals surface area contributed by atoms with Gasteiger partial charge in [-0.15, -0.1) is 0 Å². The number of hydrogen-bond acceptors (Lipinski definition) is 5. The van der Waals surface area contributed by atoms with Gasteiger partial charge in [0.05, 0.1) is 0 Å². The van der Waals surface area contributed by atoms with E-state index < -0.39 is 24.1 Å². The van der Waals surface area contributed by atoms with Gasteiger partial charge in [-0.05, 0) is 83.8 Å². The van der Waals surface area contributed by atoms with E-state index in [9.17, 15) is 9.59 Å². The number of ether oxygens (including phenoxy) is 2. The lowest BCUT2D eigenvalue weighted by Crippen LogP contribution is -2.30. The van der Waals surface area contributed by atoms with Crippen molar-refractivity contribution < 1.29 is 24.2 Å². The summed E-state index contributed by atoms with van der Waals surface area (Å²) in [6.45, 7) is 13.9. The first-order valence-electron chi connectivity index (χ1n) is 11.2. The van der Waals surface area contributed by atoms with Gasteiger partial charge in [-0.25, -0.2) is 9.59 Å². The molecule has 1 aliphatic rings. The predicted octanol–water partition coefficient (Wildman–Crippen LogP) is 5.60. The van der Waals surface area contributed by atoms with E-state index in [2.05, 4.69) is 45.9 Å². The molecular formula is C26H40O5. The van der Waals surface area contributed by atoms with Crippen LogP contribution in [0.15, 0.2) is 46.6 Å². The Kier molecular flexibility index (Phi) is 11.0. The lowest BCUT2D eigenvalue weighted by Gasteiger charge is -2.32. The molecule has 31 heavy (non-hydrogen) atoms. The summed E-state index contributed by atoms with van der Waals surface area (Å²) in [4.78, 5) is 23.1. The largest absolute Gasteiger partial charge is 0.459 e. The second-order valence-electron chi connectivity index (χ2n) is 9.19. The van der Waals surface area contributed by atoms with Crippen LogP contribution < -0.4 is 0 Å². The van der Waals surface area contributed by atoms with E-state index in [-0.39, 0.29) is 12.0 Å². The lowest BCUT2D eigenvalue weighted by molar-refractivity contribution is -0.170. The highest BCUT2D eigenvalue weighted by Crippen LogP contribution is 2.40. The van der Waals surface area contributed by atoms with Crippen molar-refractivity contribution >= 4 is 11.9 Å². The Bertz CT molecular complexity index is 750. The minimum atomic E-state index is -1.27. The lowest BCUT2D eigenvalue weighted by atomic mass is 9.72. The fraction of sp³-hybridized carbons (Fsp3) is 0.615. The average molecular weight is 433 g/mol. The van der Waals surface area contributed by atoms with Gasteiger partial charge in [0, 0.05) is 0 Å². The molecule has 0 aromatic carbocycles. The highest BCUT2D eigenvalue weighted by Gasteiger charge is 2.26. The average Bonchev–Trinajstić information content (AvgIpc) is 2.66. The molecule has 0 fully saturated rings. The molecule has 174 valence electrons. The molecule has 0 aromatic rings. The number of esters is 2. The Labute approximate surface area is 187 Å². The molecule has 0 heterocycles. The van der Waals surface area contributed by atoms with E-state index in [4.69, 9.17) is 14.6 Å². The van der Waals surface area contributed by atoms with Crippen LogP contribution in [0.4, 0.5) is 0 Å². The number of aliphatic hydroxyl groups is 1. The van der Waals surface area contributed by atoms with E-state index in [1.165, 1.54) is 49.8 Å². The summed E-state index contributed by atoms with van der Waals surface area (Å²) in [5, 5.41) is 9.11. The van der Waals surface area contributed by atoms with Gasteiger partial charge in [0.1, 0.15) is 12.7 Å². The van der Waals surface area contributed by atoms with Crippen molar-refractivity contribution in [3.63, 3.8) is 0 Å². The molecule has 1 aliphatic carbocycles. The first-order valence-corrected chi connectivity index (χ1v) is 11.2. The van der Waals surface area contributed by atoms with Gasteiger partial charge in [0.25, 0.3) is 0 Å². The van der Waals surface area contributed by atoms with Crippen LogP contribution in [-0.2, 0) is 19.1 Å². The standard InChI is InChI=1S/C26H40O5/c1-18(13-14-23-20(3)12-9-16-26(23,6)7)10-8-11-19(2)15-17-30-25(29)22(5)31-24(28)21(4)27/h10,13-15,21-22,27H,8-9,11-12,16-17H2,1-7H3/b14-13+,18-10+,19-15+. The second kappa shape index (κ2) is 12.7. The highest BCUT2D eigenvalue weighted by atomic mass is 16.6. The van der Waals surface area contributed by atoms with Gasteiger partial charge < -0.3 is 14.6 Å². The van der Waals surface area contributed by atoms with Gasteiger partial charge >= 0.3 is 11.9 Å². The Balaban J connectivity index is 2.45. The summed E-state index contributed by atoms with van der Waals surface area (Å²) in [5.41, 5.74) is 5.60. The number of aliphatic hydroxyl groups excluding tert-OH is 1. The molecule has 0 amide bonds. The van der Waals surface area contributed by atoms with Gasteiger partial charge in [0.15, 0.2) is 6.10 Å². The van der Waals surface area contributed by atoms with E-state index in [0.717, 1.165) is 18.4 Å². The Hall–Kier alpha value is -2.14. The molecular weight excluding hydrogens is 392 g/mol. The van der Waals surface area contributed by atoms with E-state index in [1.807, 2.05) is 13.0 Å². The molecule has 2 atom stereocenters. The maximum absolute atomic E-state index is 11.8. The summed E-state index contributed by atoms with van der Waals surface area (Å²) in [6, 6.07) is 0. The SMILES string of the molecule is CC1=C(/C=C/C(C)=C/CC/C(C)=C/COC(=O)C(C)OC(=O)C(C)O)C(C)(C)CCC1. The molecule has 0 aromatic heterocycles. The van der Waals surface area contributed by atoms with Crippen molar-refractivity contribution in [1.82, 2.24) is 0 Å². The molecule has 0 spiro atoms. The summed E-state index contributed by atoms with van der Waals surface area (Å²) in [7, 11) is 0. The summed E-state index contributed by atoms with van der Waals surface area (Å²) in [6.07, 6.45) is 11.8. The minimum Gasteiger partial charge on any atom is -0.459 e. The van der Waals surface area contributed by atoms with Crippen molar-refractivity contribution in [2.24, 2.45) is 5.41 Å². The zero-order chi connectivity index (χ0) is 23.6. The second-order valence-corrected chi connectivity index (χ2v) is 9.19. The third kappa shape index (κ3) is 9.69. The summed E-state index contributed by atoms with van der Waals surface area (Å²) >= 11 is 0. The van der Waals surface area contributed by atoms with Crippen LogP contribution in [0.3, 0.4) is 0 Å². The fourth-order valence-corrected chi connectivity index (χ4v) is 3.63. The van der Waals surface area contributed by atoms with Gasteiger partial charge in [-0.3, -0.25) is 0 Å². The van der Waals surface area contributed by atoms with Crippen molar-refractivity contribution in [3.8, 4) is 0 Å². The maximum atomic E-state index is 11.8. The van der Waals surface area contributed by atoms with Gasteiger partial charge in [-0.2, -0.15) is 0 Å². The van der Waals surface area contributed by atoms with Crippen LogP contribution >= 0.6 is 0 Å². The zero-order valence-corrected chi connectivity index (χ0v) is 20.3. The van der Waals surface area contributed by atoms with E-state index in [0.29, 0.717) is 0 Å². The third-order valence-corrected chi connectivity index (χ3v) is 5.68.